The Kier molecular flexibility index (Phi) is 7.59. The number of carbonyl (C=O) groups is 1. The number of guanidine groups is 1. The summed E-state index contributed by atoms with van der Waals surface area (Å²) >= 11 is 0. The van der Waals surface area contributed by atoms with Crippen LogP contribution in [-0.4, -0.2) is 60.9 Å². The zero-order chi connectivity index (χ0) is 19.8. The van der Waals surface area contributed by atoms with Gasteiger partial charge in [0, 0.05) is 11.1 Å². The van der Waals surface area contributed by atoms with Crippen LogP contribution >= 0.6 is 0 Å². The first-order chi connectivity index (χ1) is 12.9. The van der Waals surface area contributed by atoms with Crippen molar-refractivity contribution in [3.8, 4) is 0 Å². The molecule has 0 aromatic heterocycles. The Hall–Kier alpha value is -2.62. The maximum Gasteiger partial charge on any atom is 0.349 e. The van der Waals surface area contributed by atoms with E-state index in [0.717, 1.165) is 37.1 Å². The molecular formula is C23H32N3O+. The standard InChI is InChI=1S/C23H32N3O/c1-6-7-17-26(23(24(2)3)25(4)5)18-19-13-15-21(16-14-19)22(27)20-11-9-8-10-12-20/h8-16H,6-7,17-18H2,1-5H3/q+1. The Morgan fingerprint density at radius 2 is 1.52 bits per heavy atom. The van der Waals surface area contributed by atoms with Crippen molar-refractivity contribution in [2.45, 2.75) is 26.3 Å². The summed E-state index contributed by atoms with van der Waals surface area (Å²) in [6.07, 6.45) is 2.31. The highest BCUT2D eigenvalue weighted by Crippen LogP contribution is 2.13. The van der Waals surface area contributed by atoms with Gasteiger partial charge in [0.2, 0.25) is 0 Å². The van der Waals surface area contributed by atoms with Crippen LogP contribution in [0.2, 0.25) is 0 Å². The fourth-order valence-corrected chi connectivity index (χ4v) is 3.30. The maximum atomic E-state index is 12.6. The van der Waals surface area contributed by atoms with Crippen molar-refractivity contribution in [1.82, 2.24) is 9.80 Å². The van der Waals surface area contributed by atoms with Gasteiger partial charge in [-0.1, -0.05) is 67.9 Å². The van der Waals surface area contributed by atoms with Crippen LogP contribution in [0.3, 0.4) is 0 Å². The molecule has 27 heavy (non-hydrogen) atoms. The molecule has 144 valence electrons. The molecule has 2 aromatic rings. The average Bonchev–Trinajstić information content (AvgIpc) is 2.66. The number of carbonyl (C=O) groups excluding carboxylic acids is 1. The van der Waals surface area contributed by atoms with Crippen molar-refractivity contribution in [2.75, 3.05) is 34.7 Å². The van der Waals surface area contributed by atoms with E-state index >= 15 is 0 Å². The van der Waals surface area contributed by atoms with Crippen molar-refractivity contribution in [3.05, 3.63) is 71.3 Å². The molecule has 0 radical (unpaired) electrons. The Morgan fingerprint density at radius 1 is 0.926 bits per heavy atom. The lowest BCUT2D eigenvalue weighted by Gasteiger charge is -2.25. The van der Waals surface area contributed by atoms with Gasteiger partial charge in [-0.05, 0) is 12.0 Å². The summed E-state index contributed by atoms with van der Waals surface area (Å²) in [6, 6.07) is 17.4. The number of hydrogen-bond acceptors (Lipinski definition) is 1. The van der Waals surface area contributed by atoms with Gasteiger partial charge in [0.25, 0.3) is 0 Å². The van der Waals surface area contributed by atoms with E-state index in [1.807, 2.05) is 42.5 Å². The van der Waals surface area contributed by atoms with Crippen LogP contribution < -0.4 is 0 Å². The van der Waals surface area contributed by atoms with Crippen LogP contribution in [0.25, 0.3) is 0 Å². The Labute approximate surface area is 163 Å². The third-order valence-corrected chi connectivity index (χ3v) is 4.49. The molecular weight excluding hydrogens is 334 g/mol. The van der Waals surface area contributed by atoms with E-state index in [2.05, 4.69) is 61.6 Å². The van der Waals surface area contributed by atoms with Gasteiger partial charge in [0.05, 0.1) is 41.3 Å². The van der Waals surface area contributed by atoms with Crippen LogP contribution in [0.1, 0.15) is 41.3 Å². The monoisotopic (exact) mass is 366 g/mol. The summed E-state index contributed by atoms with van der Waals surface area (Å²) in [7, 11) is 8.32. The largest absolute Gasteiger partial charge is 0.349 e. The van der Waals surface area contributed by atoms with Crippen molar-refractivity contribution >= 4 is 11.7 Å². The molecule has 0 heterocycles. The lowest BCUT2D eigenvalue weighted by Crippen LogP contribution is -2.45. The second-order valence-corrected chi connectivity index (χ2v) is 7.26. The predicted octanol–water partition coefficient (Wildman–Crippen LogP) is 3.71. The summed E-state index contributed by atoms with van der Waals surface area (Å²) in [5, 5.41) is 0. The fourth-order valence-electron chi connectivity index (χ4n) is 3.30. The first kappa shape index (κ1) is 20.7. The molecule has 0 aliphatic carbocycles. The first-order valence-electron chi connectivity index (χ1n) is 9.59. The van der Waals surface area contributed by atoms with E-state index in [0.29, 0.717) is 0 Å². The molecule has 0 bridgehead atoms. The second kappa shape index (κ2) is 9.91. The minimum Gasteiger partial charge on any atom is -0.289 e. The predicted molar refractivity (Wildman–Crippen MR) is 112 cm³/mol. The molecule has 4 heteroatoms. The zero-order valence-corrected chi connectivity index (χ0v) is 17.3. The highest BCUT2D eigenvalue weighted by Gasteiger charge is 2.22. The van der Waals surface area contributed by atoms with Crippen LogP contribution in [0.15, 0.2) is 54.6 Å². The highest BCUT2D eigenvalue weighted by atomic mass is 16.1. The Bertz CT molecular complexity index is 760. The van der Waals surface area contributed by atoms with Gasteiger partial charge in [-0.3, -0.25) is 19.2 Å². The molecule has 0 N–H and O–H groups in total. The maximum absolute atomic E-state index is 12.6. The van der Waals surface area contributed by atoms with Crippen molar-refractivity contribution in [3.63, 3.8) is 0 Å². The quantitative estimate of drug-likeness (QED) is 0.323. The van der Waals surface area contributed by atoms with Gasteiger partial charge in [-0.2, -0.15) is 0 Å². The summed E-state index contributed by atoms with van der Waals surface area (Å²) in [5.41, 5.74) is 2.66. The third-order valence-electron chi connectivity index (χ3n) is 4.49. The van der Waals surface area contributed by atoms with Gasteiger partial charge in [0.1, 0.15) is 0 Å². The minimum atomic E-state index is 0.0684. The number of rotatable bonds is 7. The SMILES string of the molecule is CCCCN(Cc1ccc(C(=O)c2ccccc2)cc1)C(N(C)C)=[N+](C)C. The molecule has 0 fully saturated rings. The van der Waals surface area contributed by atoms with Crippen molar-refractivity contribution in [2.24, 2.45) is 0 Å². The van der Waals surface area contributed by atoms with Crippen LogP contribution in [0.5, 0.6) is 0 Å². The minimum absolute atomic E-state index is 0.0684. The number of hydrogen-bond donors (Lipinski definition) is 0. The van der Waals surface area contributed by atoms with Gasteiger partial charge in [0.15, 0.2) is 5.78 Å². The molecule has 0 saturated heterocycles. The molecule has 2 aromatic carbocycles. The van der Waals surface area contributed by atoms with Crippen molar-refractivity contribution < 1.29 is 9.37 Å². The number of unbranched alkanes of at least 4 members (excludes halogenated alkanes) is 1. The molecule has 0 aliphatic rings. The molecule has 0 amide bonds. The number of ketones is 1. The summed E-state index contributed by atoms with van der Waals surface area (Å²) in [4.78, 5) is 17.1. The summed E-state index contributed by atoms with van der Waals surface area (Å²) < 4.78 is 2.16. The first-order valence-corrected chi connectivity index (χ1v) is 9.59. The van der Waals surface area contributed by atoms with Crippen molar-refractivity contribution in [1.29, 1.82) is 0 Å². The fraction of sp³-hybridized carbons (Fsp3) is 0.391. The number of benzene rings is 2. The van der Waals surface area contributed by atoms with E-state index in [-0.39, 0.29) is 5.78 Å². The van der Waals surface area contributed by atoms with E-state index in [1.54, 1.807) is 0 Å². The lowest BCUT2D eigenvalue weighted by molar-refractivity contribution is -0.476. The van der Waals surface area contributed by atoms with E-state index in [1.165, 1.54) is 11.5 Å². The van der Waals surface area contributed by atoms with E-state index in [4.69, 9.17) is 0 Å². The molecule has 0 aliphatic heterocycles. The summed E-state index contributed by atoms with van der Waals surface area (Å²) in [6.45, 7) is 4.05. The molecule has 0 spiro atoms. The van der Waals surface area contributed by atoms with E-state index < -0.39 is 0 Å². The molecule has 0 atom stereocenters. The second-order valence-electron chi connectivity index (χ2n) is 7.26. The molecule has 0 unspecified atom stereocenters. The molecule has 0 saturated carbocycles. The Morgan fingerprint density at radius 3 is 2.04 bits per heavy atom. The van der Waals surface area contributed by atoms with Gasteiger partial charge < -0.3 is 0 Å². The smallest absolute Gasteiger partial charge is 0.289 e. The number of nitrogens with zero attached hydrogens (tertiary/aromatic N) is 3. The molecule has 4 nitrogen and oxygen atoms in total. The van der Waals surface area contributed by atoms with Gasteiger partial charge in [-0.15, -0.1) is 0 Å². The van der Waals surface area contributed by atoms with Crippen LogP contribution in [-0.2, 0) is 6.54 Å². The van der Waals surface area contributed by atoms with Gasteiger partial charge >= 0.3 is 5.96 Å². The van der Waals surface area contributed by atoms with Crippen LogP contribution in [0, 0.1) is 0 Å². The highest BCUT2D eigenvalue weighted by molar-refractivity contribution is 6.08. The molecule has 2 rings (SSSR count). The topological polar surface area (TPSA) is 26.6 Å². The van der Waals surface area contributed by atoms with Gasteiger partial charge in [-0.25, -0.2) is 0 Å². The lowest BCUT2D eigenvalue weighted by atomic mass is 10.0. The normalized spacial score (nSPS) is 10.4. The average molecular weight is 367 g/mol. The van der Waals surface area contributed by atoms with Crippen LogP contribution in [0.4, 0.5) is 0 Å². The summed E-state index contributed by atoms with van der Waals surface area (Å²) in [5.74, 6) is 1.26. The Balaban J connectivity index is 2.19. The van der Waals surface area contributed by atoms with E-state index in [9.17, 15) is 4.79 Å². The third kappa shape index (κ3) is 5.68. The zero-order valence-electron chi connectivity index (χ0n) is 17.3.